The summed E-state index contributed by atoms with van der Waals surface area (Å²) in [6.07, 6.45) is 2.42. The number of aryl methyl sites for hydroxylation is 1. The van der Waals surface area contributed by atoms with E-state index in [2.05, 4.69) is 20.8 Å². The van der Waals surface area contributed by atoms with Crippen LogP contribution in [0.5, 0.6) is 0 Å². The van der Waals surface area contributed by atoms with Gasteiger partial charge < -0.3 is 0 Å². The molecule has 1 N–H and O–H groups in total. The van der Waals surface area contributed by atoms with Crippen molar-refractivity contribution in [2.24, 2.45) is 0 Å². The highest BCUT2D eigenvalue weighted by Crippen LogP contribution is 2.41. The number of thiazole rings is 1. The van der Waals surface area contributed by atoms with E-state index in [-0.39, 0.29) is 5.91 Å². The molecule has 4 aromatic rings. The molecule has 1 aromatic carbocycles. The molecule has 0 spiro atoms. The number of benzene rings is 1. The molecule has 130 valence electrons. The van der Waals surface area contributed by atoms with Gasteiger partial charge in [-0.25, -0.2) is 9.67 Å². The zero-order valence-electron chi connectivity index (χ0n) is 14.1. The van der Waals surface area contributed by atoms with Gasteiger partial charge in [-0.2, -0.15) is 5.10 Å². The molecule has 0 atom stereocenters. The lowest BCUT2D eigenvalue weighted by Crippen LogP contribution is -2.10. The van der Waals surface area contributed by atoms with Crippen LogP contribution in [0.2, 0.25) is 0 Å². The number of para-hydroxylation sites is 1. The van der Waals surface area contributed by atoms with E-state index >= 15 is 0 Å². The Bertz CT molecular complexity index is 1110. The number of carbonyl (C=O) groups excluding carboxylic acids is 1. The SMILES string of the molecule is Cc1nn(-c2ccccc2)c2sc(C(=O)Nc3nc(C4CC4)cs3)cc12. The average molecular weight is 380 g/mol. The van der Waals surface area contributed by atoms with Crippen LogP contribution < -0.4 is 5.32 Å². The van der Waals surface area contributed by atoms with Crippen LogP contribution in [0.3, 0.4) is 0 Å². The third-order valence-electron chi connectivity index (χ3n) is 4.51. The number of thiophene rings is 1. The lowest BCUT2D eigenvalue weighted by Gasteiger charge is -2.01. The molecule has 0 saturated heterocycles. The van der Waals surface area contributed by atoms with Gasteiger partial charge in [-0.05, 0) is 38.0 Å². The van der Waals surface area contributed by atoms with Crippen molar-refractivity contribution in [1.82, 2.24) is 14.8 Å². The minimum atomic E-state index is -0.109. The normalized spacial score (nSPS) is 14.0. The van der Waals surface area contributed by atoms with Gasteiger partial charge in [0.25, 0.3) is 5.91 Å². The Morgan fingerprint density at radius 2 is 2.08 bits per heavy atom. The molecule has 3 heterocycles. The first kappa shape index (κ1) is 15.7. The van der Waals surface area contributed by atoms with Crippen LogP contribution in [-0.2, 0) is 0 Å². The summed E-state index contributed by atoms with van der Waals surface area (Å²) in [5, 5.41) is 11.3. The summed E-state index contributed by atoms with van der Waals surface area (Å²) < 4.78 is 1.90. The number of amides is 1. The highest BCUT2D eigenvalue weighted by atomic mass is 32.1. The monoisotopic (exact) mass is 380 g/mol. The Morgan fingerprint density at radius 3 is 2.85 bits per heavy atom. The van der Waals surface area contributed by atoms with Crippen molar-refractivity contribution in [3.05, 3.63) is 58.0 Å². The van der Waals surface area contributed by atoms with Crippen molar-refractivity contribution >= 4 is 43.9 Å². The largest absolute Gasteiger partial charge is 0.297 e. The van der Waals surface area contributed by atoms with Crippen LogP contribution in [0, 0.1) is 6.92 Å². The van der Waals surface area contributed by atoms with E-state index in [4.69, 9.17) is 0 Å². The second-order valence-electron chi connectivity index (χ2n) is 6.47. The Labute approximate surface area is 158 Å². The second kappa shape index (κ2) is 6.03. The van der Waals surface area contributed by atoms with Crippen LogP contribution in [0.15, 0.2) is 41.8 Å². The fourth-order valence-corrected chi connectivity index (χ4v) is 4.84. The Balaban J connectivity index is 1.46. The van der Waals surface area contributed by atoms with Crippen LogP contribution >= 0.6 is 22.7 Å². The molecule has 5 nitrogen and oxygen atoms in total. The van der Waals surface area contributed by atoms with E-state index < -0.39 is 0 Å². The molecule has 0 bridgehead atoms. The fourth-order valence-electron chi connectivity index (χ4n) is 2.97. The first-order valence-electron chi connectivity index (χ1n) is 8.50. The summed E-state index contributed by atoms with van der Waals surface area (Å²) in [6.45, 7) is 1.97. The summed E-state index contributed by atoms with van der Waals surface area (Å²) >= 11 is 2.95. The van der Waals surface area contributed by atoms with E-state index in [0.29, 0.717) is 15.9 Å². The van der Waals surface area contributed by atoms with Crippen LogP contribution in [0.1, 0.15) is 39.8 Å². The maximum Gasteiger partial charge on any atom is 0.267 e. The maximum atomic E-state index is 12.7. The molecule has 1 fully saturated rings. The molecule has 0 unspecified atom stereocenters. The molecule has 0 radical (unpaired) electrons. The van der Waals surface area contributed by atoms with Gasteiger partial charge in [-0.15, -0.1) is 22.7 Å². The minimum Gasteiger partial charge on any atom is -0.297 e. The summed E-state index contributed by atoms with van der Waals surface area (Å²) in [6, 6.07) is 11.9. The van der Waals surface area contributed by atoms with Crippen molar-refractivity contribution in [2.45, 2.75) is 25.7 Å². The number of nitrogens with one attached hydrogen (secondary N) is 1. The van der Waals surface area contributed by atoms with Crippen molar-refractivity contribution in [1.29, 1.82) is 0 Å². The number of carbonyl (C=O) groups is 1. The van der Waals surface area contributed by atoms with Gasteiger partial charge in [0, 0.05) is 16.7 Å². The molecule has 1 aliphatic carbocycles. The smallest absolute Gasteiger partial charge is 0.267 e. The molecule has 1 aliphatic rings. The molecule has 3 aromatic heterocycles. The van der Waals surface area contributed by atoms with Crippen LogP contribution in [0.4, 0.5) is 5.13 Å². The van der Waals surface area contributed by atoms with E-state index in [1.807, 2.05) is 48.0 Å². The lowest BCUT2D eigenvalue weighted by molar-refractivity contribution is 0.103. The van der Waals surface area contributed by atoms with Crippen molar-refractivity contribution < 1.29 is 4.79 Å². The average Bonchev–Trinajstić information content (AvgIpc) is 3.11. The Hall–Kier alpha value is -2.51. The van der Waals surface area contributed by atoms with Gasteiger partial charge in [0.1, 0.15) is 4.83 Å². The third-order valence-corrected chi connectivity index (χ3v) is 6.39. The highest BCUT2D eigenvalue weighted by Gasteiger charge is 2.26. The van der Waals surface area contributed by atoms with Gasteiger partial charge in [0.15, 0.2) is 5.13 Å². The standard InChI is InChI=1S/C19H16N4OS2/c1-11-14-9-16(17(24)21-19-20-15(10-25-19)12-7-8-12)26-18(14)23(22-11)13-5-3-2-4-6-13/h2-6,9-10,12H,7-8H2,1H3,(H,20,21,24). The second-order valence-corrected chi connectivity index (χ2v) is 8.36. The molecule has 5 rings (SSSR count). The van der Waals surface area contributed by atoms with E-state index in [0.717, 1.165) is 27.3 Å². The molecule has 1 saturated carbocycles. The van der Waals surface area contributed by atoms with Gasteiger partial charge in [-0.3, -0.25) is 10.1 Å². The number of rotatable bonds is 4. The first-order valence-corrected chi connectivity index (χ1v) is 10.2. The van der Waals surface area contributed by atoms with Gasteiger partial charge in [-0.1, -0.05) is 18.2 Å². The topological polar surface area (TPSA) is 59.8 Å². The van der Waals surface area contributed by atoms with E-state index in [1.165, 1.54) is 35.5 Å². The van der Waals surface area contributed by atoms with Crippen LogP contribution in [0.25, 0.3) is 15.9 Å². The van der Waals surface area contributed by atoms with Crippen molar-refractivity contribution in [2.75, 3.05) is 5.32 Å². The number of fused-ring (bicyclic) bond motifs is 1. The zero-order valence-corrected chi connectivity index (χ0v) is 15.7. The lowest BCUT2D eigenvalue weighted by atomic mass is 10.3. The number of hydrogen-bond acceptors (Lipinski definition) is 5. The predicted octanol–water partition coefficient (Wildman–Crippen LogP) is 4.98. The number of aromatic nitrogens is 3. The molecular weight excluding hydrogens is 364 g/mol. The Morgan fingerprint density at radius 1 is 1.27 bits per heavy atom. The molecule has 7 heteroatoms. The molecule has 1 amide bonds. The van der Waals surface area contributed by atoms with Crippen molar-refractivity contribution in [3.8, 4) is 5.69 Å². The predicted molar refractivity (Wildman–Crippen MR) is 106 cm³/mol. The molecule has 0 aliphatic heterocycles. The molecule has 26 heavy (non-hydrogen) atoms. The fraction of sp³-hybridized carbons (Fsp3) is 0.211. The first-order chi connectivity index (χ1) is 12.7. The number of nitrogens with zero attached hydrogens (tertiary/aromatic N) is 3. The Kier molecular flexibility index (Phi) is 3.65. The highest BCUT2D eigenvalue weighted by molar-refractivity contribution is 7.20. The minimum absolute atomic E-state index is 0.109. The zero-order chi connectivity index (χ0) is 17.7. The summed E-state index contributed by atoms with van der Waals surface area (Å²) in [5.41, 5.74) is 3.02. The van der Waals surface area contributed by atoms with Crippen LogP contribution in [-0.4, -0.2) is 20.7 Å². The summed E-state index contributed by atoms with van der Waals surface area (Å²) in [5.74, 6) is 0.489. The number of hydrogen-bond donors (Lipinski definition) is 1. The van der Waals surface area contributed by atoms with Gasteiger partial charge >= 0.3 is 0 Å². The third kappa shape index (κ3) is 2.73. The number of anilines is 1. The quantitative estimate of drug-likeness (QED) is 0.543. The maximum absolute atomic E-state index is 12.7. The van der Waals surface area contributed by atoms with Gasteiger partial charge in [0.2, 0.25) is 0 Å². The summed E-state index contributed by atoms with van der Waals surface area (Å²) in [4.78, 5) is 18.9. The van der Waals surface area contributed by atoms with E-state index in [1.54, 1.807) is 0 Å². The van der Waals surface area contributed by atoms with Crippen molar-refractivity contribution in [3.63, 3.8) is 0 Å². The van der Waals surface area contributed by atoms with E-state index in [9.17, 15) is 4.79 Å². The van der Waals surface area contributed by atoms with Gasteiger partial charge in [0.05, 0.1) is 22.0 Å². The molecular formula is C19H16N4OS2. The summed E-state index contributed by atoms with van der Waals surface area (Å²) in [7, 11) is 0.